The van der Waals surface area contributed by atoms with E-state index in [0.717, 1.165) is 49.0 Å². The van der Waals surface area contributed by atoms with Crippen molar-refractivity contribution in [1.29, 1.82) is 0 Å². The maximum absolute atomic E-state index is 14.2. The quantitative estimate of drug-likeness (QED) is 0.732. The van der Waals surface area contributed by atoms with Crippen LogP contribution < -0.4 is 0 Å². The van der Waals surface area contributed by atoms with Gasteiger partial charge in [-0.05, 0) is 55.9 Å². The summed E-state index contributed by atoms with van der Waals surface area (Å²) in [5.41, 5.74) is 4.21. The predicted molar refractivity (Wildman–Crippen MR) is 110 cm³/mol. The normalized spacial score (nSPS) is 17.5. The number of piperidine rings is 1. The van der Waals surface area contributed by atoms with Gasteiger partial charge in [-0.25, -0.2) is 4.39 Å². The van der Waals surface area contributed by atoms with Gasteiger partial charge in [0.05, 0.1) is 12.1 Å². The summed E-state index contributed by atoms with van der Waals surface area (Å²) in [5.74, 6) is -1.08. The van der Waals surface area contributed by atoms with Crippen molar-refractivity contribution in [3.8, 4) is 0 Å². The van der Waals surface area contributed by atoms with E-state index in [1.165, 1.54) is 11.0 Å². The molecule has 5 heteroatoms. The van der Waals surface area contributed by atoms with E-state index in [1.807, 2.05) is 36.9 Å². The summed E-state index contributed by atoms with van der Waals surface area (Å²) >= 11 is 0. The number of likely N-dealkylation sites (tertiary alicyclic amines) is 1. The fraction of sp³-hybridized carbons (Fsp3) is 0.333. The van der Waals surface area contributed by atoms with Crippen LogP contribution in [-0.2, 0) is 16.1 Å². The minimum atomic E-state index is -0.410. The number of hydrogen-bond donors (Lipinski definition) is 0. The van der Waals surface area contributed by atoms with Crippen LogP contribution in [0.1, 0.15) is 41.5 Å². The number of hydrogen-bond acceptors (Lipinski definition) is 3. The maximum Gasteiger partial charge on any atom is 0.278 e. The topological polar surface area (TPSA) is 40.6 Å². The third-order valence-corrected chi connectivity index (χ3v) is 5.90. The van der Waals surface area contributed by atoms with Crippen molar-refractivity contribution in [2.24, 2.45) is 0 Å². The van der Waals surface area contributed by atoms with Gasteiger partial charge in [-0.15, -0.1) is 0 Å². The minimum Gasteiger partial charge on any atom is -0.366 e. The molecule has 2 aliphatic heterocycles. The van der Waals surface area contributed by atoms with Gasteiger partial charge >= 0.3 is 0 Å². The van der Waals surface area contributed by atoms with Gasteiger partial charge in [0.2, 0.25) is 0 Å². The van der Waals surface area contributed by atoms with Crippen molar-refractivity contribution >= 4 is 17.4 Å². The number of imide groups is 1. The summed E-state index contributed by atoms with van der Waals surface area (Å²) in [6.45, 7) is 5.48. The van der Waals surface area contributed by atoms with Crippen molar-refractivity contribution in [2.75, 3.05) is 13.1 Å². The Balaban J connectivity index is 1.77. The number of benzene rings is 2. The van der Waals surface area contributed by atoms with Gasteiger partial charge in [-0.2, -0.15) is 0 Å². The number of aryl methyl sites for hydroxylation is 2. The van der Waals surface area contributed by atoms with E-state index in [-0.39, 0.29) is 18.4 Å². The molecule has 4 nitrogen and oxygen atoms in total. The molecule has 2 aliphatic rings. The van der Waals surface area contributed by atoms with E-state index in [1.54, 1.807) is 18.2 Å². The zero-order valence-corrected chi connectivity index (χ0v) is 16.9. The Morgan fingerprint density at radius 3 is 2.31 bits per heavy atom. The molecular weight excluding hydrogens is 367 g/mol. The molecule has 0 radical (unpaired) electrons. The third kappa shape index (κ3) is 3.57. The Morgan fingerprint density at radius 1 is 0.897 bits per heavy atom. The van der Waals surface area contributed by atoms with Crippen LogP contribution in [0.15, 0.2) is 48.2 Å². The van der Waals surface area contributed by atoms with E-state index in [0.29, 0.717) is 16.8 Å². The van der Waals surface area contributed by atoms with Gasteiger partial charge in [-0.1, -0.05) is 36.4 Å². The average molecular weight is 392 g/mol. The van der Waals surface area contributed by atoms with Crippen molar-refractivity contribution in [3.05, 3.63) is 76.2 Å². The standard InChI is InChI=1S/C24H25FN2O2/c1-16-10-11-18(14-17(16)2)21-22(26-12-6-3-7-13-26)24(29)27(23(21)28)15-19-8-4-5-9-20(19)25/h4-5,8-11,14H,3,6-7,12-13,15H2,1-2H3. The lowest BCUT2D eigenvalue weighted by Crippen LogP contribution is -2.37. The first-order valence-electron chi connectivity index (χ1n) is 10.1. The van der Waals surface area contributed by atoms with Crippen LogP contribution in [0.4, 0.5) is 4.39 Å². The van der Waals surface area contributed by atoms with Crippen LogP contribution in [0.3, 0.4) is 0 Å². The van der Waals surface area contributed by atoms with Gasteiger partial charge < -0.3 is 4.90 Å². The molecule has 0 atom stereocenters. The number of carbonyl (C=O) groups excluding carboxylic acids is 2. The van der Waals surface area contributed by atoms with E-state index in [4.69, 9.17) is 0 Å². The molecule has 2 aromatic carbocycles. The summed E-state index contributed by atoms with van der Waals surface area (Å²) in [6, 6.07) is 12.1. The Morgan fingerprint density at radius 2 is 1.62 bits per heavy atom. The summed E-state index contributed by atoms with van der Waals surface area (Å²) in [6.07, 6.45) is 3.13. The number of nitrogens with zero attached hydrogens (tertiary/aromatic N) is 2. The summed E-state index contributed by atoms with van der Waals surface area (Å²) < 4.78 is 14.2. The second-order valence-corrected chi connectivity index (χ2v) is 7.86. The Kier molecular flexibility index (Phi) is 5.22. The third-order valence-electron chi connectivity index (χ3n) is 5.90. The van der Waals surface area contributed by atoms with Crippen molar-refractivity contribution in [1.82, 2.24) is 9.80 Å². The SMILES string of the molecule is Cc1ccc(C2=C(N3CCCCC3)C(=O)N(Cc3ccccc3F)C2=O)cc1C. The molecule has 29 heavy (non-hydrogen) atoms. The molecule has 2 aromatic rings. The molecule has 0 aromatic heterocycles. The van der Waals surface area contributed by atoms with Crippen molar-refractivity contribution < 1.29 is 14.0 Å². The van der Waals surface area contributed by atoms with E-state index >= 15 is 0 Å². The summed E-state index contributed by atoms with van der Waals surface area (Å²) in [4.78, 5) is 30.0. The maximum atomic E-state index is 14.2. The highest BCUT2D eigenvalue weighted by atomic mass is 19.1. The predicted octanol–water partition coefficient (Wildman–Crippen LogP) is 4.21. The Labute approximate surface area is 170 Å². The molecule has 0 aliphatic carbocycles. The highest BCUT2D eigenvalue weighted by Gasteiger charge is 2.42. The van der Waals surface area contributed by atoms with Gasteiger partial charge in [0.25, 0.3) is 11.8 Å². The van der Waals surface area contributed by atoms with Crippen LogP contribution >= 0.6 is 0 Å². The molecule has 4 rings (SSSR count). The zero-order chi connectivity index (χ0) is 20.5. The smallest absolute Gasteiger partial charge is 0.278 e. The number of halogens is 1. The fourth-order valence-electron chi connectivity index (χ4n) is 4.07. The van der Waals surface area contributed by atoms with Crippen molar-refractivity contribution in [2.45, 2.75) is 39.7 Å². The van der Waals surface area contributed by atoms with Crippen LogP contribution in [-0.4, -0.2) is 34.7 Å². The molecule has 0 saturated carbocycles. The highest BCUT2D eigenvalue weighted by Crippen LogP contribution is 2.34. The first-order valence-corrected chi connectivity index (χ1v) is 10.1. The molecule has 150 valence electrons. The zero-order valence-electron chi connectivity index (χ0n) is 16.9. The number of carbonyl (C=O) groups is 2. The van der Waals surface area contributed by atoms with E-state index < -0.39 is 5.82 Å². The average Bonchev–Trinajstić information content (AvgIpc) is 2.97. The molecule has 1 saturated heterocycles. The Bertz CT molecular complexity index is 1010. The Hall–Kier alpha value is -2.95. The fourth-order valence-corrected chi connectivity index (χ4v) is 4.07. The minimum absolute atomic E-state index is 0.0595. The molecular formula is C24H25FN2O2. The first-order chi connectivity index (χ1) is 14.0. The lowest BCUT2D eigenvalue weighted by Gasteiger charge is -2.29. The lowest BCUT2D eigenvalue weighted by atomic mass is 9.98. The number of amides is 2. The molecule has 1 fully saturated rings. The van der Waals surface area contributed by atoms with Gasteiger partial charge in [0.1, 0.15) is 11.5 Å². The molecule has 2 heterocycles. The second kappa shape index (κ2) is 7.82. The van der Waals surface area contributed by atoms with Gasteiger partial charge in [-0.3, -0.25) is 14.5 Å². The van der Waals surface area contributed by atoms with E-state index in [2.05, 4.69) is 0 Å². The first kappa shape index (κ1) is 19.4. The summed E-state index contributed by atoms with van der Waals surface area (Å²) in [5, 5.41) is 0. The largest absolute Gasteiger partial charge is 0.366 e. The van der Waals surface area contributed by atoms with Gasteiger partial charge in [0, 0.05) is 18.7 Å². The molecule has 2 amide bonds. The van der Waals surface area contributed by atoms with Gasteiger partial charge in [0.15, 0.2) is 0 Å². The van der Waals surface area contributed by atoms with Crippen LogP contribution in [0.2, 0.25) is 0 Å². The highest BCUT2D eigenvalue weighted by molar-refractivity contribution is 6.35. The second-order valence-electron chi connectivity index (χ2n) is 7.86. The molecule has 0 spiro atoms. The van der Waals surface area contributed by atoms with Crippen LogP contribution in [0.5, 0.6) is 0 Å². The van der Waals surface area contributed by atoms with E-state index in [9.17, 15) is 14.0 Å². The molecule has 0 bridgehead atoms. The molecule has 0 N–H and O–H groups in total. The molecule has 0 unspecified atom stereocenters. The van der Waals surface area contributed by atoms with Crippen LogP contribution in [0, 0.1) is 19.7 Å². The van der Waals surface area contributed by atoms with Crippen molar-refractivity contribution in [3.63, 3.8) is 0 Å². The summed E-state index contributed by atoms with van der Waals surface area (Å²) in [7, 11) is 0. The lowest BCUT2D eigenvalue weighted by molar-refractivity contribution is -0.138. The van der Waals surface area contributed by atoms with Crippen LogP contribution in [0.25, 0.3) is 5.57 Å². The monoisotopic (exact) mass is 392 g/mol. The number of rotatable bonds is 4.